The highest BCUT2D eigenvalue weighted by molar-refractivity contribution is 6.42. The summed E-state index contributed by atoms with van der Waals surface area (Å²) in [5.41, 5.74) is 1.65. The lowest BCUT2D eigenvalue weighted by atomic mass is 9.79. The van der Waals surface area contributed by atoms with Crippen molar-refractivity contribution < 1.29 is 19.0 Å². The second kappa shape index (κ2) is 12.6. The molecule has 1 amide bonds. The van der Waals surface area contributed by atoms with Crippen LogP contribution in [0.5, 0.6) is 11.5 Å². The van der Waals surface area contributed by atoms with Crippen molar-refractivity contribution in [2.45, 2.75) is 43.7 Å². The molecule has 178 valence electrons. The molecule has 1 aliphatic carbocycles. The fourth-order valence-electron chi connectivity index (χ4n) is 4.24. The van der Waals surface area contributed by atoms with Gasteiger partial charge in [0, 0.05) is 12.0 Å². The third-order valence-corrected chi connectivity index (χ3v) is 6.58. The minimum atomic E-state index is -0.900. The molecular formula is C27H27Cl2NO4. The fourth-order valence-corrected chi connectivity index (χ4v) is 4.55. The second-order valence-electron chi connectivity index (χ2n) is 7.98. The number of carbonyl (C=O) groups excluding carboxylic acids is 1. The molecule has 2 aromatic rings. The maximum absolute atomic E-state index is 13.3. The maximum Gasteiger partial charge on any atom is 0.254 e. The van der Waals surface area contributed by atoms with E-state index in [2.05, 4.69) is 17.2 Å². The number of amides is 1. The van der Waals surface area contributed by atoms with E-state index in [1.54, 1.807) is 25.3 Å². The first-order chi connectivity index (χ1) is 16.5. The summed E-state index contributed by atoms with van der Waals surface area (Å²) < 4.78 is 16.8. The van der Waals surface area contributed by atoms with E-state index in [4.69, 9.17) is 50.3 Å². The van der Waals surface area contributed by atoms with E-state index in [0.717, 1.165) is 31.2 Å². The first kappa shape index (κ1) is 25.8. The van der Waals surface area contributed by atoms with Crippen LogP contribution in [0, 0.1) is 24.7 Å². The third-order valence-electron chi connectivity index (χ3n) is 5.84. The Hall–Kier alpha value is -2.83. The minimum Gasteiger partial charge on any atom is -0.493 e. The molecule has 0 bridgehead atoms. The number of rotatable bonds is 9. The van der Waals surface area contributed by atoms with Gasteiger partial charge >= 0.3 is 0 Å². The van der Waals surface area contributed by atoms with Crippen molar-refractivity contribution in [3.05, 3.63) is 57.6 Å². The first-order valence-corrected chi connectivity index (χ1v) is 11.8. The number of nitrogens with one attached hydrogen (secondary N) is 1. The topological polar surface area (TPSA) is 56.8 Å². The van der Waals surface area contributed by atoms with Crippen molar-refractivity contribution in [2.75, 3.05) is 20.3 Å². The lowest BCUT2D eigenvalue weighted by molar-refractivity contribution is -0.133. The molecule has 3 rings (SSSR count). The summed E-state index contributed by atoms with van der Waals surface area (Å²) in [6, 6.07) is 10.7. The van der Waals surface area contributed by atoms with Crippen LogP contribution in [0.3, 0.4) is 0 Å². The molecule has 0 aliphatic heterocycles. The highest BCUT2D eigenvalue weighted by Gasteiger charge is 2.31. The molecule has 5 nitrogen and oxygen atoms in total. The summed E-state index contributed by atoms with van der Waals surface area (Å²) >= 11 is 12.2. The van der Waals surface area contributed by atoms with Gasteiger partial charge < -0.3 is 19.5 Å². The first-order valence-electron chi connectivity index (χ1n) is 11.0. The number of terminal acetylenes is 2. The summed E-state index contributed by atoms with van der Waals surface area (Å²) in [5, 5.41) is 3.93. The van der Waals surface area contributed by atoms with Crippen LogP contribution in [0.15, 0.2) is 36.4 Å². The summed E-state index contributed by atoms with van der Waals surface area (Å²) in [4.78, 5) is 13.3. The van der Waals surface area contributed by atoms with E-state index >= 15 is 0 Å². The molecular weight excluding hydrogens is 473 g/mol. The zero-order chi connectivity index (χ0) is 24.5. The predicted octanol–water partition coefficient (Wildman–Crippen LogP) is 5.55. The molecule has 0 saturated heterocycles. The SMILES string of the molecule is C#CCOc1ccc([C@@H]2CCCC[C@H]2NC(=O)C(OCC#C)c2ccc(Cl)c(Cl)c2)cc1OC. The van der Waals surface area contributed by atoms with Crippen LogP contribution in [-0.2, 0) is 9.53 Å². The molecule has 1 aliphatic rings. The van der Waals surface area contributed by atoms with Crippen LogP contribution < -0.4 is 14.8 Å². The Balaban J connectivity index is 1.82. The summed E-state index contributed by atoms with van der Waals surface area (Å²) in [6.45, 7) is 0.147. The van der Waals surface area contributed by atoms with Gasteiger partial charge in [-0.25, -0.2) is 0 Å². The van der Waals surface area contributed by atoms with Gasteiger partial charge in [-0.3, -0.25) is 4.79 Å². The van der Waals surface area contributed by atoms with Crippen LogP contribution in [0.4, 0.5) is 0 Å². The molecule has 3 atom stereocenters. The van der Waals surface area contributed by atoms with E-state index in [9.17, 15) is 4.79 Å². The van der Waals surface area contributed by atoms with E-state index in [-0.39, 0.29) is 31.1 Å². The summed E-state index contributed by atoms with van der Waals surface area (Å²) in [6.07, 6.45) is 13.6. The molecule has 1 unspecified atom stereocenters. The normalized spacial score (nSPS) is 18.3. The van der Waals surface area contributed by atoms with Crippen molar-refractivity contribution in [1.29, 1.82) is 0 Å². The van der Waals surface area contributed by atoms with Gasteiger partial charge in [0.1, 0.15) is 13.2 Å². The maximum atomic E-state index is 13.3. The average molecular weight is 500 g/mol. The number of hydrogen-bond acceptors (Lipinski definition) is 4. The lowest BCUT2D eigenvalue weighted by Crippen LogP contribution is -2.43. The van der Waals surface area contributed by atoms with Crippen molar-refractivity contribution in [2.24, 2.45) is 0 Å². The van der Waals surface area contributed by atoms with Crippen LogP contribution in [0.25, 0.3) is 0 Å². The Labute approximate surface area is 211 Å². The zero-order valence-corrected chi connectivity index (χ0v) is 20.5. The van der Waals surface area contributed by atoms with Crippen LogP contribution in [0.1, 0.15) is 48.8 Å². The van der Waals surface area contributed by atoms with Crippen LogP contribution >= 0.6 is 23.2 Å². The number of hydrogen-bond donors (Lipinski definition) is 1. The molecule has 2 aromatic carbocycles. The molecule has 0 heterocycles. The quantitative estimate of drug-likeness (QED) is 0.459. The molecule has 0 radical (unpaired) electrons. The Morgan fingerprint density at radius 1 is 1.06 bits per heavy atom. The lowest BCUT2D eigenvalue weighted by Gasteiger charge is -2.34. The fraction of sp³-hybridized carbons (Fsp3) is 0.370. The molecule has 0 spiro atoms. The zero-order valence-electron chi connectivity index (χ0n) is 19.0. The largest absolute Gasteiger partial charge is 0.493 e. The van der Waals surface area contributed by atoms with Crippen LogP contribution in [0.2, 0.25) is 10.0 Å². The van der Waals surface area contributed by atoms with Gasteiger partial charge in [0.2, 0.25) is 0 Å². The van der Waals surface area contributed by atoms with Gasteiger partial charge in [-0.15, -0.1) is 12.8 Å². The molecule has 1 saturated carbocycles. The highest BCUT2D eigenvalue weighted by atomic mass is 35.5. The minimum absolute atomic E-state index is 0.0112. The van der Waals surface area contributed by atoms with Gasteiger partial charge in [-0.05, 0) is 48.2 Å². The van der Waals surface area contributed by atoms with Crippen LogP contribution in [-0.4, -0.2) is 32.3 Å². The van der Waals surface area contributed by atoms with Gasteiger partial charge in [0.05, 0.1) is 17.2 Å². The Morgan fingerprint density at radius 2 is 1.82 bits per heavy atom. The molecule has 1 N–H and O–H groups in total. The smallest absolute Gasteiger partial charge is 0.254 e. The van der Waals surface area contributed by atoms with E-state index in [1.807, 2.05) is 18.2 Å². The number of benzene rings is 2. The average Bonchev–Trinajstić information content (AvgIpc) is 2.85. The number of methoxy groups -OCH3 is 1. The summed E-state index contributed by atoms with van der Waals surface area (Å²) in [5.74, 6) is 5.90. The van der Waals surface area contributed by atoms with Gasteiger partial charge in [0.25, 0.3) is 5.91 Å². The van der Waals surface area contributed by atoms with Gasteiger partial charge in [-0.1, -0.05) is 60.0 Å². The second-order valence-corrected chi connectivity index (χ2v) is 8.79. The van der Waals surface area contributed by atoms with E-state index in [1.165, 1.54) is 0 Å². The van der Waals surface area contributed by atoms with Gasteiger partial charge in [0.15, 0.2) is 17.6 Å². The van der Waals surface area contributed by atoms with Crippen molar-refractivity contribution in [3.8, 4) is 36.2 Å². The Morgan fingerprint density at radius 3 is 2.53 bits per heavy atom. The molecule has 7 heteroatoms. The molecule has 1 fully saturated rings. The molecule has 34 heavy (non-hydrogen) atoms. The number of carbonyl (C=O) groups is 1. The van der Waals surface area contributed by atoms with Crippen molar-refractivity contribution in [3.63, 3.8) is 0 Å². The Kier molecular flexibility index (Phi) is 9.54. The number of ether oxygens (including phenoxy) is 3. The van der Waals surface area contributed by atoms with Crippen molar-refractivity contribution >= 4 is 29.1 Å². The monoisotopic (exact) mass is 499 g/mol. The standard InChI is InChI=1S/C27H27Cl2NO4/c1-4-14-33-24-13-11-18(17-25(24)32-3)20-8-6-7-9-23(20)30-27(31)26(34-15-5-2)19-10-12-21(28)22(29)16-19/h1-2,10-13,16-17,20,23,26H,6-9,14-15H2,3H3,(H,30,31)/t20-,23+,26?/m0/s1. The van der Waals surface area contributed by atoms with Crippen molar-refractivity contribution in [1.82, 2.24) is 5.32 Å². The predicted molar refractivity (Wildman–Crippen MR) is 134 cm³/mol. The van der Waals surface area contributed by atoms with E-state index in [0.29, 0.717) is 27.1 Å². The summed E-state index contributed by atoms with van der Waals surface area (Å²) in [7, 11) is 1.59. The number of halogens is 2. The Bertz CT molecular complexity index is 1090. The van der Waals surface area contributed by atoms with Gasteiger partial charge in [-0.2, -0.15) is 0 Å². The molecule has 0 aromatic heterocycles. The third kappa shape index (κ3) is 6.39. The van der Waals surface area contributed by atoms with E-state index < -0.39 is 6.10 Å². The highest BCUT2D eigenvalue weighted by Crippen LogP contribution is 2.38.